The molecule has 6 fully saturated rings. The zero-order valence-corrected chi connectivity index (χ0v) is 27.2. The van der Waals surface area contributed by atoms with Crippen LogP contribution >= 0.6 is 0 Å². The quantitative estimate of drug-likeness (QED) is 0.301. The second kappa shape index (κ2) is 10.8. The number of carbonyl (C=O) groups excluding carboxylic acids is 2. The SMILES string of the molecule is CC(=O)O[C@H]1CC2CCC3C(CC[C@@]4(C)C3C[C@H]([N+]3(C)CCCCC3)[C@@H]4OC(C)=O)[C@@]2(C)C[C@@H]1[N+]1(C)CCCCC1. The Morgan fingerprint density at radius 3 is 1.85 bits per heavy atom. The highest BCUT2D eigenvalue weighted by Gasteiger charge is 2.68. The van der Waals surface area contributed by atoms with Crippen molar-refractivity contribution in [2.45, 2.75) is 135 Å². The number of likely N-dealkylation sites (N-methyl/N-ethyl adjacent to an activating group) is 2. The first-order chi connectivity index (χ1) is 19.4. The van der Waals surface area contributed by atoms with Crippen molar-refractivity contribution >= 4 is 11.9 Å². The van der Waals surface area contributed by atoms with Gasteiger partial charge in [-0.1, -0.05) is 13.8 Å². The number of esters is 2. The van der Waals surface area contributed by atoms with Crippen LogP contribution in [-0.4, -0.2) is 85.5 Å². The van der Waals surface area contributed by atoms with Crippen molar-refractivity contribution in [3.8, 4) is 0 Å². The summed E-state index contributed by atoms with van der Waals surface area (Å²) in [6.45, 7) is 13.3. The molecule has 2 saturated heterocycles. The Bertz CT molecular complexity index is 1000. The third kappa shape index (κ3) is 4.99. The lowest BCUT2D eigenvalue weighted by atomic mass is 9.44. The number of hydrogen-bond donors (Lipinski definition) is 0. The molecule has 4 aliphatic carbocycles. The number of piperidine rings is 2. The summed E-state index contributed by atoms with van der Waals surface area (Å²) in [6.07, 6.45) is 16.4. The molecule has 2 heterocycles. The summed E-state index contributed by atoms with van der Waals surface area (Å²) in [4.78, 5) is 24.8. The minimum Gasteiger partial charge on any atom is -0.456 e. The van der Waals surface area contributed by atoms with Gasteiger partial charge < -0.3 is 18.4 Å². The zero-order chi connectivity index (χ0) is 29.2. The fourth-order valence-corrected chi connectivity index (χ4v) is 12.3. The van der Waals surface area contributed by atoms with Gasteiger partial charge >= 0.3 is 11.9 Å². The molecule has 4 saturated carbocycles. The minimum atomic E-state index is -0.0998. The van der Waals surface area contributed by atoms with Crippen LogP contribution in [0.15, 0.2) is 0 Å². The van der Waals surface area contributed by atoms with Gasteiger partial charge in [0, 0.05) is 32.1 Å². The van der Waals surface area contributed by atoms with E-state index in [1.54, 1.807) is 13.8 Å². The van der Waals surface area contributed by atoms with Gasteiger partial charge in [0.05, 0.1) is 40.3 Å². The molecule has 0 spiro atoms. The number of likely N-dealkylation sites (tertiary alicyclic amines) is 2. The number of hydrogen-bond acceptors (Lipinski definition) is 4. The fourth-order valence-electron chi connectivity index (χ4n) is 12.3. The predicted molar refractivity (Wildman–Crippen MR) is 161 cm³/mol. The Morgan fingerprint density at radius 1 is 0.683 bits per heavy atom. The van der Waals surface area contributed by atoms with Gasteiger partial charge in [0.1, 0.15) is 12.1 Å². The van der Waals surface area contributed by atoms with Crippen LogP contribution in [0.2, 0.25) is 0 Å². The van der Waals surface area contributed by atoms with Gasteiger partial charge in [-0.25, -0.2) is 0 Å². The summed E-state index contributed by atoms with van der Waals surface area (Å²) in [5, 5.41) is 0. The second-order valence-electron chi connectivity index (χ2n) is 16.7. The van der Waals surface area contributed by atoms with Crippen molar-refractivity contribution < 1.29 is 28.0 Å². The van der Waals surface area contributed by atoms with Gasteiger partial charge in [0.2, 0.25) is 0 Å². The van der Waals surface area contributed by atoms with E-state index in [4.69, 9.17) is 9.47 Å². The van der Waals surface area contributed by atoms with E-state index >= 15 is 0 Å². The van der Waals surface area contributed by atoms with Crippen LogP contribution in [-0.2, 0) is 19.1 Å². The largest absolute Gasteiger partial charge is 0.456 e. The predicted octanol–water partition coefficient (Wildman–Crippen LogP) is 6.11. The molecule has 0 aromatic rings. The van der Waals surface area contributed by atoms with Crippen LogP contribution < -0.4 is 0 Å². The van der Waals surface area contributed by atoms with E-state index in [9.17, 15) is 9.59 Å². The highest BCUT2D eigenvalue weighted by atomic mass is 16.5. The van der Waals surface area contributed by atoms with E-state index in [1.807, 2.05) is 0 Å². The van der Waals surface area contributed by atoms with Crippen LogP contribution in [0.3, 0.4) is 0 Å². The van der Waals surface area contributed by atoms with Gasteiger partial charge in [0.15, 0.2) is 12.2 Å². The molecule has 0 aromatic heterocycles. The average molecular weight is 573 g/mol. The van der Waals surface area contributed by atoms with Gasteiger partial charge in [-0.2, -0.15) is 0 Å². The summed E-state index contributed by atoms with van der Waals surface area (Å²) in [6, 6.07) is 0.846. The highest BCUT2D eigenvalue weighted by Crippen LogP contribution is 2.68. The maximum atomic E-state index is 12.5. The molecule has 10 atom stereocenters. The van der Waals surface area contributed by atoms with Crippen LogP contribution in [0.4, 0.5) is 0 Å². The van der Waals surface area contributed by atoms with E-state index in [-0.39, 0.29) is 29.6 Å². The van der Waals surface area contributed by atoms with E-state index in [2.05, 4.69) is 27.9 Å². The summed E-state index contributed by atoms with van der Waals surface area (Å²) < 4.78 is 14.7. The summed E-state index contributed by atoms with van der Waals surface area (Å²) >= 11 is 0. The van der Waals surface area contributed by atoms with Crippen LogP contribution in [0.1, 0.15) is 111 Å². The second-order valence-corrected chi connectivity index (χ2v) is 16.7. The summed E-state index contributed by atoms with van der Waals surface area (Å²) in [7, 11) is 4.94. The molecular formula is C35H60N2O4+2. The van der Waals surface area contributed by atoms with Crippen molar-refractivity contribution in [3.05, 3.63) is 0 Å². The number of rotatable bonds is 4. The average Bonchev–Trinajstić information content (AvgIpc) is 3.21. The molecule has 0 aromatic carbocycles. The Labute approximate surface area is 250 Å². The maximum absolute atomic E-state index is 12.5. The zero-order valence-electron chi connectivity index (χ0n) is 27.2. The van der Waals surface area contributed by atoms with Crippen LogP contribution in [0.25, 0.3) is 0 Å². The molecule has 6 rings (SSSR count). The first-order valence-corrected chi connectivity index (χ1v) is 17.4. The topological polar surface area (TPSA) is 52.6 Å². The summed E-state index contributed by atoms with van der Waals surface area (Å²) in [5.74, 6) is 2.52. The molecule has 0 radical (unpaired) electrons. The number of fused-ring (bicyclic) bond motifs is 5. The maximum Gasteiger partial charge on any atom is 0.303 e. The molecule has 0 bridgehead atoms. The van der Waals surface area contributed by atoms with E-state index in [0.717, 1.165) is 21.3 Å². The molecule has 2 aliphatic heterocycles. The standard InChI is InChI=1S/C35H60N2O4/c1-24(38)40-32-21-26-13-14-27-28(35(26,4)23-31(32)37(6)19-11-8-12-20-37)15-16-34(3)29(27)22-30(33(34)41-25(2)39)36(5)17-9-7-10-18-36/h26-33H,7-23H2,1-6H3/q+2/t26?,27?,28?,29?,30-,31-,32-,33-,34-,35-/m0/s1. The van der Waals surface area contributed by atoms with Gasteiger partial charge in [0.25, 0.3) is 0 Å². The van der Waals surface area contributed by atoms with Crippen molar-refractivity contribution in [1.29, 1.82) is 0 Å². The minimum absolute atomic E-state index is 0.0462. The van der Waals surface area contributed by atoms with E-state index in [0.29, 0.717) is 35.3 Å². The van der Waals surface area contributed by atoms with Crippen LogP contribution in [0.5, 0.6) is 0 Å². The molecule has 6 heteroatoms. The van der Waals surface area contributed by atoms with Gasteiger partial charge in [-0.05, 0) is 99.7 Å². The van der Waals surface area contributed by atoms with Crippen molar-refractivity contribution in [2.24, 2.45) is 34.5 Å². The lowest BCUT2D eigenvalue weighted by molar-refractivity contribution is -0.943. The molecule has 4 unspecified atom stereocenters. The smallest absolute Gasteiger partial charge is 0.303 e. The normalized spacial score (nSPS) is 46.9. The number of nitrogens with zero attached hydrogens (tertiary/aromatic N) is 2. The van der Waals surface area contributed by atoms with Gasteiger partial charge in [-0.3, -0.25) is 9.59 Å². The molecule has 0 amide bonds. The number of ether oxygens (including phenoxy) is 2. The van der Waals surface area contributed by atoms with E-state index in [1.165, 1.54) is 103 Å². The van der Waals surface area contributed by atoms with Crippen molar-refractivity contribution in [2.75, 3.05) is 40.3 Å². The molecule has 6 aliphatic rings. The number of quaternary nitrogens is 2. The summed E-state index contributed by atoms with van der Waals surface area (Å²) in [5.41, 5.74) is 0.377. The molecule has 232 valence electrons. The third-order valence-electron chi connectivity index (χ3n) is 14.5. The van der Waals surface area contributed by atoms with Crippen molar-refractivity contribution in [3.63, 3.8) is 0 Å². The fraction of sp³-hybridized carbons (Fsp3) is 0.943. The lowest BCUT2D eigenvalue weighted by Gasteiger charge is -2.63. The first-order valence-electron chi connectivity index (χ1n) is 17.4. The molecule has 0 N–H and O–H groups in total. The Hall–Kier alpha value is -1.14. The first kappa shape index (κ1) is 29.9. The third-order valence-corrected chi connectivity index (χ3v) is 14.5. The Balaban J connectivity index is 1.31. The monoisotopic (exact) mass is 572 g/mol. The molecular weight excluding hydrogens is 512 g/mol. The number of carbonyl (C=O) groups is 2. The Kier molecular flexibility index (Phi) is 7.87. The highest BCUT2D eigenvalue weighted by molar-refractivity contribution is 5.66. The molecule has 6 nitrogen and oxygen atoms in total. The van der Waals surface area contributed by atoms with E-state index < -0.39 is 0 Å². The van der Waals surface area contributed by atoms with Gasteiger partial charge in [-0.15, -0.1) is 0 Å². The van der Waals surface area contributed by atoms with Crippen LogP contribution in [0, 0.1) is 34.5 Å². The molecule has 41 heavy (non-hydrogen) atoms. The lowest BCUT2D eigenvalue weighted by Crippen LogP contribution is -2.66. The Morgan fingerprint density at radius 2 is 1.27 bits per heavy atom. The van der Waals surface area contributed by atoms with Crippen molar-refractivity contribution in [1.82, 2.24) is 0 Å².